The number of ether oxygens (including phenoxy) is 1. The minimum absolute atomic E-state index is 0.0812. The van der Waals surface area contributed by atoms with Crippen molar-refractivity contribution in [2.24, 2.45) is 0 Å². The third kappa shape index (κ3) is 6.68. The predicted molar refractivity (Wildman–Crippen MR) is 101 cm³/mol. The van der Waals surface area contributed by atoms with E-state index in [1.165, 1.54) is 0 Å². The molecular formula is C17H33NO4SSi. The summed E-state index contributed by atoms with van der Waals surface area (Å²) in [6, 6.07) is 0.371. The number of nitrogens with zero attached hydrogens (tertiary/aromatic N) is 1. The van der Waals surface area contributed by atoms with Crippen LogP contribution >= 0.6 is 0 Å². The number of hydrogen-bond donors (Lipinski definition) is 0. The molecule has 1 aliphatic rings. The van der Waals surface area contributed by atoms with Gasteiger partial charge in [0, 0.05) is 20.2 Å². The molecular weight excluding hydrogens is 342 g/mol. The topological polar surface area (TPSA) is 63.7 Å². The molecule has 0 amide bonds. The van der Waals surface area contributed by atoms with Gasteiger partial charge in [0.1, 0.15) is 0 Å². The molecule has 0 radical (unpaired) electrons. The van der Waals surface area contributed by atoms with Gasteiger partial charge < -0.3 is 4.74 Å². The Balaban J connectivity index is 2.99. The molecule has 24 heavy (non-hydrogen) atoms. The SMILES string of the molecule is C=CC[C@@H]1CCC[C@H](CC(=O)OCC)N1S(=O)(=O)CC[Si](C)(C)C. The molecule has 0 aromatic rings. The van der Waals surface area contributed by atoms with Crippen LogP contribution in [0.2, 0.25) is 25.7 Å². The normalized spacial score (nSPS) is 23.0. The van der Waals surface area contributed by atoms with E-state index in [1.54, 1.807) is 17.3 Å². The maximum Gasteiger partial charge on any atom is 0.307 e. The van der Waals surface area contributed by atoms with Gasteiger partial charge in [-0.05, 0) is 32.2 Å². The molecule has 0 bridgehead atoms. The Labute approximate surface area is 148 Å². The lowest BCUT2D eigenvalue weighted by Crippen LogP contribution is -2.51. The van der Waals surface area contributed by atoms with Gasteiger partial charge in [0.2, 0.25) is 10.0 Å². The van der Waals surface area contributed by atoms with Crippen molar-refractivity contribution >= 4 is 24.1 Å². The van der Waals surface area contributed by atoms with E-state index in [2.05, 4.69) is 26.2 Å². The van der Waals surface area contributed by atoms with Crippen LogP contribution in [0.5, 0.6) is 0 Å². The average molecular weight is 376 g/mol. The van der Waals surface area contributed by atoms with Crippen LogP contribution < -0.4 is 0 Å². The molecule has 1 rings (SSSR count). The van der Waals surface area contributed by atoms with E-state index in [0.717, 1.165) is 25.3 Å². The van der Waals surface area contributed by atoms with Crippen LogP contribution in [0, 0.1) is 0 Å². The summed E-state index contributed by atoms with van der Waals surface area (Å²) >= 11 is 0. The van der Waals surface area contributed by atoms with Gasteiger partial charge in [0.25, 0.3) is 0 Å². The Morgan fingerprint density at radius 1 is 1.29 bits per heavy atom. The van der Waals surface area contributed by atoms with Crippen LogP contribution in [0.4, 0.5) is 0 Å². The quantitative estimate of drug-likeness (QED) is 0.352. The molecule has 7 heteroatoms. The smallest absolute Gasteiger partial charge is 0.307 e. The molecule has 1 fully saturated rings. The summed E-state index contributed by atoms with van der Waals surface area (Å²) in [7, 11) is -4.84. The first-order valence-electron chi connectivity index (χ1n) is 8.88. The number of rotatable bonds is 9. The van der Waals surface area contributed by atoms with Crippen molar-refractivity contribution in [1.29, 1.82) is 0 Å². The standard InChI is InChI=1S/C17H33NO4SSi/c1-6-9-15-10-8-11-16(14-17(19)22-7-2)18(15)23(20,21)12-13-24(3,4)5/h6,15-16H,1,7-14H2,2-5H3/t15-,16-/m1/s1. The third-order valence-corrected chi connectivity index (χ3v) is 8.44. The molecule has 0 saturated carbocycles. The van der Waals surface area contributed by atoms with Crippen molar-refractivity contribution in [3.8, 4) is 0 Å². The maximum atomic E-state index is 13.0. The summed E-state index contributed by atoms with van der Waals surface area (Å²) in [5, 5.41) is 0. The third-order valence-electron chi connectivity index (χ3n) is 4.37. The summed E-state index contributed by atoms with van der Waals surface area (Å²) in [6.07, 6.45) is 5.04. The average Bonchev–Trinajstić information content (AvgIpc) is 2.45. The van der Waals surface area contributed by atoms with Gasteiger partial charge in [-0.25, -0.2) is 8.42 Å². The van der Waals surface area contributed by atoms with E-state index in [4.69, 9.17) is 4.74 Å². The van der Waals surface area contributed by atoms with Crippen LogP contribution in [-0.4, -0.2) is 51.2 Å². The second-order valence-electron chi connectivity index (χ2n) is 7.73. The molecule has 2 atom stereocenters. The fourth-order valence-corrected chi connectivity index (χ4v) is 8.13. The Bertz CT molecular complexity index is 527. The molecule has 0 aliphatic carbocycles. The summed E-state index contributed by atoms with van der Waals surface area (Å²) in [5.74, 6) is -0.137. The Morgan fingerprint density at radius 2 is 1.92 bits per heavy atom. The first-order chi connectivity index (χ1) is 11.1. The van der Waals surface area contributed by atoms with E-state index in [9.17, 15) is 13.2 Å². The van der Waals surface area contributed by atoms with E-state index in [1.807, 2.05) is 0 Å². The first kappa shape index (κ1) is 21.4. The zero-order chi connectivity index (χ0) is 18.4. The second kappa shape index (κ2) is 9.15. The van der Waals surface area contributed by atoms with Crippen molar-refractivity contribution < 1.29 is 17.9 Å². The number of hydrogen-bond acceptors (Lipinski definition) is 4. The minimum atomic E-state index is -3.39. The lowest BCUT2D eigenvalue weighted by molar-refractivity contribution is -0.144. The van der Waals surface area contributed by atoms with Crippen molar-refractivity contribution in [1.82, 2.24) is 4.31 Å². The first-order valence-corrected chi connectivity index (χ1v) is 14.2. The van der Waals surface area contributed by atoms with Gasteiger partial charge in [0.05, 0.1) is 18.8 Å². The van der Waals surface area contributed by atoms with Crippen molar-refractivity contribution in [3.05, 3.63) is 12.7 Å². The highest BCUT2D eigenvalue weighted by Gasteiger charge is 2.39. The summed E-state index contributed by atoms with van der Waals surface area (Å²) in [6.45, 7) is 12.4. The molecule has 1 aliphatic heterocycles. The van der Waals surface area contributed by atoms with Crippen molar-refractivity contribution in [2.75, 3.05) is 12.4 Å². The molecule has 140 valence electrons. The lowest BCUT2D eigenvalue weighted by atomic mass is 9.94. The van der Waals surface area contributed by atoms with E-state index >= 15 is 0 Å². The van der Waals surface area contributed by atoms with Crippen LogP contribution in [-0.2, 0) is 19.6 Å². The zero-order valence-corrected chi connectivity index (χ0v) is 17.4. The van der Waals surface area contributed by atoms with Gasteiger partial charge in [-0.3, -0.25) is 4.79 Å². The number of esters is 1. The van der Waals surface area contributed by atoms with Gasteiger partial charge >= 0.3 is 5.97 Å². The number of piperidine rings is 1. The summed E-state index contributed by atoms with van der Waals surface area (Å²) in [4.78, 5) is 11.9. The van der Waals surface area contributed by atoms with Gasteiger partial charge in [-0.1, -0.05) is 32.1 Å². The van der Waals surface area contributed by atoms with Crippen LogP contribution in [0.15, 0.2) is 12.7 Å². The number of carbonyl (C=O) groups is 1. The summed E-state index contributed by atoms with van der Waals surface area (Å²) in [5.41, 5.74) is 0. The van der Waals surface area contributed by atoms with E-state index < -0.39 is 18.1 Å². The fraction of sp³-hybridized carbons (Fsp3) is 0.824. The Hall–Kier alpha value is -0.663. The number of carbonyl (C=O) groups excluding carboxylic acids is 1. The van der Waals surface area contributed by atoms with Gasteiger partial charge in [0.15, 0.2) is 0 Å². The van der Waals surface area contributed by atoms with Crippen molar-refractivity contribution in [3.63, 3.8) is 0 Å². The molecule has 0 aromatic heterocycles. The molecule has 0 unspecified atom stereocenters. The predicted octanol–water partition coefficient (Wildman–Crippen LogP) is 3.41. The minimum Gasteiger partial charge on any atom is -0.466 e. The molecule has 1 heterocycles. The van der Waals surface area contributed by atoms with Crippen LogP contribution in [0.3, 0.4) is 0 Å². The number of sulfonamides is 1. The largest absolute Gasteiger partial charge is 0.466 e. The lowest BCUT2D eigenvalue weighted by Gasteiger charge is -2.40. The monoisotopic (exact) mass is 375 g/mol. The van der Waals surface area contributed by atoms with Gasteiger partial charge in [-0.15, -0.1) is 6.58 Å². The highest BCUT2D eigenvalue weighted by molar-refractivity contribution is 7.89. The second-order valence-corrected chi connectivity index (χ2v) is 15.3. The van der Waals surface area contributed by atoms with Gasteiger partial charge in [-0.2, -0.15) is 4.31 Å². The zero-order valence-electron chi connectivity index (χ0n) is 15.6. The molecule has 0 aromatic carbocycles. The Kier molecular flexibility index (Phi) is 8.15. The fourth-order valence-electron chi connectivity index (χ4n) is 3.16. The Morgan fingerprint density at radius 3 is 2.46 bits per heavy atom. The molecule has 1 saturated heterocycles. The maximum absolute atomic E-state index is 13.0. The van der Waals surface area contributed by atoms with E-state index in [-0.39, 0.29) is 30.2 Å². The molecule has 0 N–H and O–H groups in total. The van der Waals surface area contributed by atoms with Crippen LogP contribution in [0.1, 0.15) is 39.0 Å². The molecule has 5 nitrogen and oxygen atoms in total. The van der Waals surface area contributed by atoms with Crippen molar-refractivity contribution in [2.45, 2.75) is 76.8 Å². The highest BCUT2D eigenvalue weighted by Crippen LogP contribution is 2.31. The highest BCUT2D eigenvalue weighted by atomic mass is 32.2. The van der Waals surface area contributed by atoms with E-state index in [0.29, 0.717) is 13.0 Å². The molecule has 0 spiro atoms. The van der Waals surface area contributed by atoms with Crippen LogP contribution in [0.25, 0.3) is 0 Å². The summed E-state index contributed by atoms with van der Waals surface area (Å²) < 4.78 is 32.7.